The Morgan fingerprint density at radius 3 is 2.78 bits per heavy atom. The van der Waals surface area contributed by atoms with E-state index in [4.69, 9.17) is 5.73 Å². The first-order chi connectivity index (χ1) is 8.42. The molecule has 1 saturated carbocycles. The average Bonchev–Trinajstić information content (AvgIpc) is 2.68. The van der Waals surface area contributed by atoms with Crippen LogP contribution in [0.5, 0.6) is 0 Å². The van der Waals surface area contributed by atoms with Crippen LogP contribution in [0.4, 0.5) is 0 Å². The summed E-state index contributed by atoms with van der Waals surface area (Å²) in [6, 6.07) is 0.00252. The number of guanidine groups is 1. The average molecular weight is 276 g/mol. The fraction of sp³-hybridized carbons (Fsp3) is 0.909. The normalized spacial score (nSPS) is 25.3. The van der Waals surface area contributed by atoms with E-state index in [1.54, 1.807) is 0 Å². The highest BCUT2D eigenvalue weighted by molar-refractivity contribution is 7.88. The van der Waals surface area contributed by atoms with Crippen LogP contribution in [0.25, 0.3) is 0 Å². The third kappa shape index (κ3) is 5.68. The molecule has 7 heteroatoms. The van der Waals surface area contributed by atoms with Gasteiger partial charge in [-0.25, -0.2) is 13.1 Å². The van der Waals surface area contributed by atoms with Crippen molar-refractivity contribution in [1.82, 2.24) is 10.0 Å². The molecule has 0 amide bonds. The molecule has 0 aromatic carbocycles. The van der Waals surface area contributed by atoms with Gasteiger partial charge in [0.15, 0.2) is 5.96 Å². The molecular formula is C11H24N4O2S. The zero-order valence-corrected chi connectivity index (χ0v) is 12.0. The maximum absolute atomic E-state index is 11.2. The second-order valence-corrected chi connectivity index (χ2v) is 6.62. The lowest BCUT2D eigenvalue weighted by Crippen LogP contribution is -2.38. The molecular weight excluding hydrogens is 252 g/mol. The van der Waals surface area contributed by atoms with Gasteiger partial charge >= 0.3 is 0 Å². The minimum Gasteiger partial charge on any atom is -0.370 e. The minimum atomic E-state index is -3.14. The number of rotatable bonds is 6. The van der Waals surface area contributed by atoms with Crippen molar-refractivity contribution in [2.45, 2.75) is 38.6 Å². The summed E-state index contributed by atoms with van der Waals surface area (Å²) in [4.78, 5) is 4.27. The first-order valence-corrected chi connectivity index (χ1v) is 8.32. The molecule has 2 unspecified atom stereocenters. The van der Waals surface area contributed by atoms with Gasteiger partial charge in [0.25, 0.3) is 0 Å². The molecule has 4 N–H and O–H groups in total. The van der Waals surface area contributed by atoms with Crippen molar-refractivity contribution in [2.24, 2.45) is 16.6 Å². The summed E-state index contributed by atoms with van der Waals surface area (Å²) in [6.07, 6.45) is 5.11. The van der Waals surface area contributed by atoms with Crippen LogP contribution in [0.3, 0.4) is 0 Å². The van der Waals surface area contributed by atoms with Gasteiger partial charge in [-0.2, -0.15) is 0 Å². The SMILES string of the molecule is CCCNC(N)=NCC1CCCC1NS(C)(=O)=O. The van der Waals surface area contributed by atoms with E-state index in [1.807, 2.05) is 0 Å². The molecule has 6 nitrogen and oxygen atoms in total. The predicted molar refractivity (Wildman–Crippen MR) is 73.9 cm³/mol. The number of nitrogens with two attached hydrogens (primary N) is 1. The first-order valence-electron chi connectivity index (χ1n) is 6.43. The van der Waals surface area contributed by atoms with E-state index in [1.165, 1.54) is 6.26 Å². The van der Waals surface area contributed by atoms with Gasteiger partial charge in [0.1, 0.15) is 0 Å². The van der Waals surface area contributed by atoms with Gasteiger partial charge in [0, 0.05) is 19.1 Å². The van der Waals surface area contributed by atoms with Gasteiger partial charge in [0.2, 0.25) is 10.0 Å². The van der Waals surface area contributed by atoms with Crippen molar-refractivity contribution in [2.75, 3.05) is 19.3 Å². The molecule has 0 aromatic heterocycles. The van der Waals surface area contributed by atoms with Crippen LogP contribution >= 0.6 is 0 Å². The summed E-state index contributed by atoms with van der Waals surface area (Å²) >= 11 is 0. The standard InChI is InChI=1S/C11H24N4O2S/c1-3-7-13-11(12)14-8-9-5-4-6-10(9)15-18(2,16)17/h9-10,15H,3-8H2,1-2H3,(H3,12,13,14). The quantitative estimate of drug-likeness (QED) is 0.470. The van der Waals surface area contributed by atoms with Crippen molar-refractivity contribution >= 4 is 16.0 Å². The molecule has 0 aliphatic heterocycles. The minimum absolute atomic E-state index is 0.00252. The monoisotopic (exact) mass is 276 g/mol. The molecule has 1 aliphatic carbocycles. The van der Waals surface area contributed by atoms with E-state index in [2.05, 4.69) is 22.0 Å². The smallest absolute Gasteiger partial charge is 0.208 e. The van der Waals surface area contributed by atoms with Crippen LogP contribution in [0.15, 0.2) is 4.99 Å². The summed E-state index contributed by atoms with van der Waals surface area (Å²) in [7, 11) is -3.14. The zero-order valence-electron chi connectivity index (χ0n) is 11.1. The topological polar surface area (TPSA) is 96.6 Å². The van der Waals surface area contributed by atoms with Crippen molar-refractivity contribution < 1.29 is 8.42 Å². The maximum atomic E-state index is 11.2. The Kier molecular flexibility index (Phi) is 5.87. The molecule has 2 atom stereocenters. The molecule has 0 bridgehead atoms. The van der Waals surface area contributed by atoms with Crippen molar-refractivity contribution in [3.8, 4) is 0 Å². The third-order valence-electron chi connectivity index (χ3n) is 3.08. The molecule has 0 radical (unpaired) electrons. The molecule has 106 valence electrons. The van der Waals surface area contributed by atoms with Crippen LogP contribution in [0.1, 0.15) is 32.6 Å². The van der Waals surface area contributed by atoms with E-state index >= 15 is 0 Å². The molecule has 0 heterocycles. The fourth-order valence-corrected chi connectivity index (χ4v) is 3.07. The highest BCUT2D eigenvalue weighted by atomic mass is 32.2. The lowest BCUT2D eigenvalue weighted by molar-refractivity contribution is 0.454. The summed E-state index contributed by atoms with van der Waals surface area (Å²) in [5.41, 5.74) is 5.71. The number of hydrogen-bond acceptors (Lipinski definition) is 3. The highest BCUT2D eigenvalue weighted by Crippen LogP contribution is 2.26. The van der Waals surface area contributed by atoms with E-state index in [0.717, 1.165) is 32.2 Å². The number of nitrogens with one attached hydrogen (secondary N) is 2. The molecule has 0 aromatic rings. The summed E-state index contributed by atoms with van der Waals surface area (Å²) < 4.78 is 25.1. The van der Waals surface area contributed by atoms with Crippen LogP contribution in [-0.2, 0) is 10.0 Å². The Morgan fingerprint density at radius 2 is 2.17 bits per heavy atom. The lowest BCUT2D eigenvalue weighted by Gasteiger charge is -2.18. The molecule has 0 saturated heterocycles. The molecule has 0 spiro atoms. The van der Waals surface area contributed by atoms with Crippen LogP contribution in [0, 0.1) is 5.92 Å². The number of sulfonamides is 1. The lowest BCUT2D eigenvalue weighted by atomic mass is 10.1. The summed E-state index contributed by atoms with van der Waals surface area (Å²) in [5.74, 6) is 0.698. The fourth-order valence-electron chi connectivity index (χ4n) is 2.21. The molecule has 1 rings (SSSR count). The molecule has 18 heavy (non-hydrogen) atoms. The Hall–Kier alpha value is -0.820. The van der Waals surface area contributed by atoms with Gasteiger partial charge in [-0.3, -0.25) is 4.99 Å². The largest absolute Gasteiger partial charge is 0.370 e. The maximum Gasteiger partial charge on any atom is 0.208 e. The predicted octanol–water partition coefficient (Wildman–Crippen LogP) is 0.0186. The van der Waals surface area contributed by atoms with Crippen LogP contribution < -0.4 is 15.8 Å². The second-order valence-electron chi connectivity index (χ2n) is 4.84. The Bertz CT molecular complexity index is 381. The number of hydrogen-bond donors (Lipinski definition) is 3. The Morgan fingerprint density at radius 1 is 1.44 bits per heavy atom. The number of aliphatic imine (C=N–C) groups is 1. The van der Waals surface area contributed by atoms with E-state index < -0.39 is 10.0 Å². The van der Waals surface area contributed by atoms with Crippen LogP contribution in [-0.4, -0.2) is 39.8 Å². The van der Waals surface area contributed by atoms with E-state index in [-0.39, 0.29) is 12.0 Å². The van der Waals surface area contributed by atoms with Gasteiger partial charge in [-0.1, -0.05) is 13.3 Å². The van der Waals surface area contributed by atoms with Gasteiger partial charge in [-0.15, -0.1) is 0 Å². The van der Waals surface area contributed by atoms with Crippen molar-refractivity contribution in [1.29, 1.82) is 0 Å². The molecule has 1 aliphatic rings. The van der Waals surface area contributed by atoms with E-state index in [0.29, 0.717) is 12.5 Å². The zero-order chi connectivity index (χ0) is 13.6. The third-order valence-corrected chi connectivity index (χ3v) is 3.81. The van der Waals surface area contributed by atoms with Crippen LogP contribution in [0.2, 0.25) is 0 Å². The Balaban J connectivity index is 2.45. The highest BCUT2D eigenvalue weighted by Gasteiger charge is 2.29. The van der Waals surface area contributed by atoms with Gasteiger partial charge in [-0.05, 0) is 25.2 Å². The Labute approximate surface area is 109 Å². The molecule has 1 fully saturated rings. The van der Waals surface area contributed by atoms with Crippen molar-refractivity contribution in [3.63, 3.8) is 0 Å². The summed E-state index contributed by atoms with van der Waals surface area (Å²) in [5, 5.41) is 3.01. The van der Waals surface area contributed by atoms with Gasteiger partial charge in [0.05, 0.1) is 6.26 Å². The summed E-state index contributed by atoms with van der Waals surface area (Å²) in [6.45, 7) is 3.45. The first kappa shape index (κ1) is 15.2. The number of nitrogens with zero attached hydrogens (tertiary/aromatic N) is 1. The van der Waals surface area contributed by atoms with Crippen molar-refractivity contribution in [3.05, 3.63) is 0 Å². The van der Waals surface area contributed by atoms with E-state index in [9.17, 15) is 8.42 Å². The second kappa shape index (κ2) is 6.94. The van der Waals surface area contributed by atoms with Gasteiger partial charge < -0.3 is 11.1 Å².